The number of primary amides is 1. The Balaban J connectivity index is 2.90. The SMILES string of the molecule is CCCCC(OC(N)=O)C(O)c1ccc(C)cc1Cl. The standard InChI is InChI=1S/C14H20ClNO3/c1-3-4-5-12(19-14(16)18)13(17)10-7-6-9(2)8-11(10)15/h6-8,12-13,17H,3-5H2,1-2H3,(H2,16,18). The van der Waals surface area contributed by atoms with E-state index in [1.54, 1.807) is 12.1 Å². The van der Waals surface area contributed by atoms with E-state index in [4.69, 9.17) is 22.1 Å². The number of carbonyl (C=O) groups excluding carboxylic acids is 1. The molecule has 1 aromatic rings. The molecule has 3 N–H and O–H groups in total. The zero-order valence-corrected chi connectivity index (χ0v) is 12.0. The number of amides is 1. The van der Waals surface area contributed by atoms with Gasteiger partial charge < -0.3 is 15.6 Å². The van der Waals surface area contributed by atoms with Crippen LogP contribution in [0.1, 0.15) is 43.4 Å². The molecule has 0 heterocycles. The minimum Gasteiger partial charge on any atom is -0.443 e. The Hall–Kier alpha value is -1.26. The van der Waals surface area contributed by atoms with Crippen molar-refractivity contribution >= 4 is 17.7 Å². The highest BCUT2D eigenvalue weighted by Crippen LogP contribution is 2.29. The highest BCUT2D eigenvalue weighted by molar-refractivity contribution is 6.31. The molecule has 19 heavy (non-hydrogen) atoms. The number of nitrogens with two attached hydrogens (primary N) is 1. The molecule has 2 atom stereocenters. The molecular weight excluding hydrogens is 266 g/mol. The van der Waals surface area contributed by atoms with Gasteiger partial charge in [-0.2, -0.15) is 0 Å². The maximum atomic E-state index is 10.9. The maximum absolute atomic E-state index is 10.9. The second-order valence-electron chi connectivity index (χ2n) is 4.59. The van der Waals surface area contributed by atoms with E-state index in [1.165, 1.54) is 0 Å². The Kier molecular flexibility index (Phi) is 6.12. The van der Waals surface area contributed by atoms with Gasteiger partial charge in [0.25, 0.3) is 0 Å². The van der Waals surface area contributed by atoms with Crippen molar-refractivity contribution in [3.8, 4) is 0 Å². The van der Waals surface area contributed by atoms with E-state index in [0.717, 1.165) is 18.4 Å². The summed E-state index contributed by atoms with van der Waals surface area (Å²) in [6, 6.07) is 5.36. The average Bonchev–Trinajstić information content (AvgIpc) is 2.33. The summed E-state index contributed by atoms with van der Waals surface area (Å²) >= 11 is 6.11. The third-order valence-electron chi connectivity index (χ3n) is 2.94. The molecule has 0 saturated heterocycles. The molecule has 1 rings (SSSR count). The van der Waals surface area contributed by atoms with E-state index in [1.807, 2.05) is 19.9 Å². The number of unbranched alkanes of at least 4 members (excludes halogenated alkanes) is 1. The minimum absolute atomic E-state index is 0.460. The van der Waals surface area contributed by atoms with Crippen molar-refractivity contribution in [3.63, 3.8) is 0 Å². The minimum atomic E-state index is -0.966. The number of ether oxygens (including phenoxy) is 1. The number of aliphatic hydroxyl groups excluding tert-OH is 1. The zero-order chi connectivity index (χ0) is 14.4. The topological polar surface area (TPSA) is 72.5 Å². The lowest BCUT2D eigenvalue weighted by Gasteiger charge is -2.23. The van der Waals surface area contributed by atoms with Crippen LogP contribution in [0.4, 0.5) is 4.79 Å². The van der Waals surface area contributed by atoms with Gasteiger partial charge in [-0.1, -0.05) is 37.1 Å². The van der Waals surface area contributed by atoms with Crippen LogP contribution in [0, 0.1) is 6.92 Å². The fraction of sp³-hybridized carbons (Fsp3) is 0.500. The molecule has 0 fully saturated rings. The fourth-order valence-electron chi connectivity index (χ4n) is 1.91. The third kappa shape index (κ3) is 4.73. The van der Waals surface area contributed by atoms with E-state index in [9.17, 15) is 9.90 Å². The van der Waals surface area contributed by atoms with Gasteiger partial charge in [-0.25, -0.2) is 4.79 Å². The Morgan fingerprint density at radius 1 is 1.53 bits per heavy atom. The summed E-state index contributed by atoms with van der Waals surface area (Å²) < 4.78 is 4.98. The quantitative estimate of drug-likeness (QED) is 0.842. The van der Waals surface area contributed by atoms with E-state index in [0.29, 0.717) is 17.0 Å². The summed E-state index contributed by atoms with van der Waals surface area (Å²) in [6.45, 7) is 3.93. The summed E-state index contributed by atoms with van der Waals surface area (Å²) in [4.78, 5) is 10.9. The lowest BCUT2D eigenvalue weighted by molar-refractivity contribution is -0.000256. The molecule has 2 unspecified atom stereocenters. The molecule has 0 aliphatic heterocycles. The van der Waals surface area contributed by atoms with Crippen molar-refractivity contribution in [2.45, 2.75) is 45.3 Å². The molecule has 1 amide bonds. The van der Waals surface area contributed by atoms with Crippen LogP contribution < -0.4 is 5.73 Å². The lowest BCUT2D eigenvalue weighted by atomic mass is 9.99. The van der Waals surface area contributed by atoms with Crippen LogP contribution in [0.2, 0.25) is 5.02 Å². The van der Waals surface area contributed by atoms with Crippen molar-refractivity contribution in [2.75, 3.05) is 0 Å². The van der Waals surface area contributed by atoms with Gasteiger partial charge in [0.15, 0.2) is 0 Å². The van der Waals surface area contributed by atoms with Gasteiger partial charge in [0.1, 0.15) is 12.2 Å². The van der Waals surface area contributed by atoms with Crippen molar-refractivity contribution in [1.29, 1.82) is 0 Å². The maximum Gasteiger partial charge on any atom is 0.404 e. The van der Waals surface area contributed by atoms with Crippen LogP contribution in [0.15, 0.2) is 18.2 Å². The van der Waals surface area contributed by atoms with E-state index < -0.39 is 18.3 Å². The van der Waals surface area contributed by atoms with Gasteiger partial charge in [-0.3, -0.25) is 0 Å². The average molecular weight is 286 g/mol. The lowest BCUT2D eigenvalue weighted by Crippen LogP contribution is -2.28. The zero-order valence-electron chi connectivity index (χ0n) is 11.2. The molecule has 0 bridgehead atoms. The second-order valence-corrected chi connectivity index (χ2v) is 4.99. The Morgan fingerprint density at radius 2 is 2.21 bits per heavy atom. The number of aliphatic hydroxyl groups is 1. The van der Waals surface area contributed by atoms with Gasteiger partial charge >= 0.3 is 6.09 Å². The summed E-state index contributed by atoms with van der Waals surface area (Å²) in [6.07, 6.45) is -0.204. The molecule has 106 valence electrons. The first-order valence-electron chi connectivity index (χ1n) is 6.36. The fourth-order valence-corrected chi connectivity index (χ4v) is 2.25. The second kappa shape index (κ2) is 7.36. The first-order valence-corrected chi connectivity index (χ1v) is 6.73. The molecule has 5 heteroatoms. The van der Waals surface area contributed by atoms with Crippen LogP contribution in [0.25, 0.3) is 0 Å². The van der Waals surface area contributed by atoms with Gasteiger partial charge in [-0.05, 0) is 31.4 Å². The number of benzene rings is 1. The van der Waals surface area contributed by atoms with Crippen LogP contribution in [-0.4, -0.2) is 17.3 Å². The van der Waals surface area contributed by atoms with Crippen molar-refractivity contribution in [2.24, 2.45) is 5.73 Å². The Bertz CT molecular complexity index is 437. The van der Waals surface area contributed by atoms with Gasteiger partial charge in [0, 0.05) is 10.6 Å². The predicted octanol–water partition coefficient (Wildman–Crippen LogP) is 3.34. The summed E-state index contributed by atoms with van der Waals surface area (Å²) in [5.41, 5.74) is 6.59. The van der Waals surface area contributed by atoms with Crippen molar-refractivity contribution < 1.29 is 14.6 Å². The van der Waals surface area contributed by atoms with Crippen LogP contribution in [0.5, 0.6) is 0 Å². The van der Waals surface area contributed by atoms with Crippen molar-refractivity contribution in [1.82, 2.24) is 0 Å². The number of carbonyl (C=O) groups is 1. The largest absolute Gasteiger partial charge is 0.443 e. The number of hydrogen-bond acceptors (Lipinski definition) is 3. The normalized spacial score (nSPS) is 13.9. The number of hydrogen-bond donors (Lipinski definition) is 2. The summed E-state index contributed by atoms with van der Waals surface area (Å²) in [5, 5.41) is 10.8. The van der Waals surface area contributed by atoms with Crippen molar-refractivity contribution in [3.05, 3.63) is 34.3 Å². The third-order valence-corrected chi connectivity index (χ3v) is 3.26. The monoisotopic (exact) mass is 285 g/mol. The molecule has 0 saturated carbocycles. The molecule has 4 nitrogen and oxygen atoms in total. The van der Waals surface area contributed by atoms with Gasteiger partial charge in [0.2, 0.25) is 0 Å². The van der Waals surface area contributed by atoms with Crippen LogP contribution >= 0.6 is 11.6 Å². The molecule has 0 aliphatic carbocycles. The number of aryl methyl sites for hydroxylation is 1. The summed E-state index contributed by atoms with van der Waals surface area (Å²) in [5.74, 6) is 0. The van der Waals surface area contributed by atoms with Gasteiger partial charge in [0.05, 0.1) is 0 Å². The number of halogens is 1. The van der Waals surface area contributed by atoms with E-state index in [-0.39, 0.29) is 0 Å². The molecule has 0 aliphatic rings. The first-order chi connectivity index (χ1) is 8.95. The Labute approximate surface area is 118 Å². The van der Waals surface area contributed by atoms with E-state index in [2.05, 4.69) is 0 Å². The van der Waals surface area contributed by atoms with Crippen LogP contribution in [-0.2, 0) is 4.74 Å². The molecular formula is C14H20ClNO3. The molecule has 0 radical (unpaired) electrons. The van der Waals surface area contributed by atoms with E-state index >= 15 is 0 Å². The van der Waals surface area contributed by atoms with Gasteiger partial charge in [-0.15, -0.1) is 0 Å². The number of rotatable bonds is 6. The first kappa shape index (κ1) is 15.8. The molecule has 1 aromatic carbocycles. The smallest absolute Gasteiger partial charge is 0.404 e. The molecule has 0 aromatic heterocycles. The Morgan fingerprint density at radius 3 is 2.74 bits per heavy atom. The highest BCUT2D eigenvalue weighted by atomic mass is 35.5. The molecule has 0 spiro atoms. The predicted molar refractivity (Wildman–Crippen MR) is 75.1 cm³/mol. The highest BCUT2D eigenvalue weighted by Gasteiger charge is 2.25. The summed E-state index contributed by atoms with van der Waals surface area (Å²) in [7, 11) is 0. The van der Waals surface area contributed by atoms with Crippen LogP contribution in [0.3, 0.4) is 0 Å².